The van der Waals surface area contributed by atoms with Crippen molar-refractivity contribution < 1.29 is 0 Å². The molecule has 0 radical (unpaired) electrons. The monoisotopic (exact) mass is 270 g/mol. The normalized spacial score (nSPS) is 20.7. The zero-order valence-electron chi connectivity index (χ0n) is 10.8. The Morgan fingerprint density at radius 3 is 3.06 bits per heavy atom. The fraction of sp³-hybridized carbons (Fsp3) is 0.769. The Morgan fingerprint density at radius 2 is 2.35 bits per heavy atom. The van der Waals surface area contributed by atoms with Gasteiger partial charge in [0.2, 0.25) is 0 Å². The molecule has 2 rings (SSSR count). The molecule has 0 aromatic carbocycles. The molecule has 0 aliphatic carbocycles. The minimum absolute atomic E-state index is 0.713. The van der Waals surface area contributed by atoms with Crippen molar-refractivity contribution in [2.45, 2.75) is 52.1 Å². The molecule has 2 nitrogen and oxygen atoms in total. The van der Waals surface area contributed by atoms with Crippen LogP contribution < -0.4 is 5.32 Å². The lowest BCUT2D eigenvalue weighted by atomic mass is 10.2. The molecule has 2 heterocycles. The van der Waals surface area contributed by atoms with Crippen molar-refractivity contribution in [2.75, 3.05) is 11.5 Å². The van der Waals surface area contributed by atoms with Gasteiger partial charge in [-0.15, -0.1) is 11.3 Å². The summed E-state index contributed by atoms with van der Waals surface area (Å²) in [5.74, 6) is 2.62. The number of hydrogen-bond acceptors (Lipinski definition) is 4. The molecule has 0 amide bonds. The van der Waals surface area contributed by atoms with Crippen LogP contribution in [-0.2, 0) is 13.0 Å². The highest BCUT2D eigenvalue weighted by Gasteiger charge is 2.14. The quantitative estimate of drug-likeness (QED) is 0.888. The van der Waals surface area contributed by atoms with Gasteiger partial charge in [-0.05, 0) is 38.4 Å². The highest BCUT2D eigenvalue weighted by molar-refractivity contribution is 7.99. The summed E-state index contributed by atoms with van der Waals surface area (Å²) in [5.41, 5.74) is 1.23. The number of nitrogens with one attached hydrogen (secondary N) is 1. The summed E-state index contributed by atoms with van der Waals surface area (Å²) in [4.78, 5) is 6.07. The standard InChI is InChI=1S/C13H22N2S2/c1-3-5-13-15-10(2)12(17-13)8-14-11-6-4-7-16-9-11/h11,14H,3-9H2,1-2H3/t11-/m1/s1. The molecule has 1 aromatic heterocycles. The van der Waals surface area contributed by atoms with Gasteiger partial charge in [0.1, 0.15) is 0 Å². The third-order valence-corrected chi connectivity index (χ3v) is 5.55. The highest BCUT2D eigenvalue weighted by Crippen LogP contribution is 2.21. The fourth-order valence-corrected chi connectivity index (χ4v) is 4.34. The maximum Gasteiger partial charge on any atom is 0.0931 e. The van der Waals surface area contributed by atoms with E-state index in [-0.39, 0.29) is 0 Å². The van der Waals surface area contributed by atoms with E-state index in [0.717, 1.165) is 13.0 Å². The fourth-order valence-electron chi connectivity index (χ4n) is 2.11. The third-order valence-electron chi connectivity index (χ3n) is 3.11. The summed E-state index contributed by atoms with van der Waals surface area (Å²) in [5, 5.41) is 4.99. The summed E-state index contributed by atoms with van der Waals surface area (Å²) in [6.45, 7) is 5.37. The molecule has 1 fully saturated rings. The van der Waals surface area contributed by atoms with E-state index in [1.165, 1.54) is 46.3 Å². The van der Waals surface area contributed by atoms with E-state index in [1.807, 2.05) is 11.3 Å². The molecule has 17 heavy (non-hydrogen) atoms. The SMILES string of the molecule is CCCc1nc(C)c(CN[C@@H]2CCCSC2)s1. The lowest BCUT2D eigenvalue weighted by Gasteiger charge is -2.22. The van der Waals surface area contributed by atoms with Crippen molar-refractivity contribution >= 4 is 23.1 Å². The van der Waals surface area contributed by atoms with Crippen molar-refractivity contribution in [3.63, 3.8) is 0 Å². The Labute approximate surface area is 113 Å². The highest BCUT2D eigenvalue weighted by atomic mass is 32.2. The van der Waals surface area contributed by atoms with Gasteiger partial charge in [0.05, 0.1) is 10.7 Å². The van der Waals surface area contributed by atoms with Crippen LogP contribution in [-0.4, -0.2) is 22.5 Å². The number of aromatic nitrogens is 1. The van der Waals surface area contributed by atoms with Gasteiger partial charge < -0.3 is 5.32 Å². The predicted octanol–water partition coefficient (Wildman–Crippen LogP) is 3.39. The molecule has 0 unspecified atom stereocenters. The molecule has 0 saturated carbocycles. The molecule has 1 atom stereocenters. The topological polar surface area (TPSA) is 24.9 Å². The van der Waals surface area contributed by atoms with Crippen LogP contribution in [0, 0.1) is 6.92 Å². The maximum absolute atomic E-state index is 4.64. The van der Waals surface area contributed by atoms with Crippen LogP contribution in [0.3, 0.4) is 0 Å². The van der Waals surface area contributed by atoms with E-state index >= 15 is 0 Å². The summed E-state index contributed by atoms with van der Waals surface area (Å²) >= 11 is 3.97. The minimum atomic E-state index is 0.713. The molecule has 4 heteroatoms. The minimum Gasteiger partial charge on any atom is -0.308 e. The molecule has 0 spiro atoms. The van der Waals surface area contributed by atoms with E-state index in [0.29, 0.717) is 6.04 Å². The first kappa shape index (κ1) is 13.4. The van der Waals surface area contributed by atoms with Gasteiger partial charge in [-0.2, -0.15) is 11.8 Å². The van der Waals surface area contributed by atoms with E-state index in [1.54, 1.807) is 0 Å². The molecule has 96 valence electrons. The number of aryl methyl sites for hydroxylation is 2. The van der Waals surface area contributed by atoms with Crippen LogP contribution >= 0.6 is 23.1 Å². The van der Waals surface area contributed by atoms with Gasteiger partial charge in [0.15, 0.2) is 0 Å². The second-order valence-electron chi connectivity index (χ2n) is 4.66. The third kappa shape index (κ3) is 3.97. The van der Waals surface area contributed by atoms with Crippen LogP contribution in [0.2, 0.25) is 0 Å². The molecule has 1 aliphatic heterocycles. The lowest BCUT2D eigenvalue weighted by Crippen LogP contribution is -2.33. The molecular weight excluding hydrogens is 248 g/mol. The average molecular weight is 270 g/mol. The second-order valence-corrected chi connectivity index (χ2v) is 6.98. The summed E-state index contributed by atoms with van der Waals surface area (Å²) in [6.07, 6.45) is 5.03. The summed E-state index contributed by atoms with van der Waals surface area (Å²) < 4.78 is 0. The number of rotatable bonds is 5. The van der Waals surface area contributed by atoms with Crippen molar-refractivity contribution in [3.05, 3.63) is 15.6 Å². The number of thiazole rings is 1. The number of nitrogens with zero attached hydrogens (tertiary/aromatic N) is 1. The van der Waals surface area contributed by atoms with Gasteiger partial charge in [0, 0.05) is 23.2 Å². The Kier molecular flexibility index (Phi) is 5.32. The zero-order chi connectivity index (χ0) is 12.1. The zero-order valence-corrected chi connectivity index (χ0v) is 12.4. The summed E-state index contributed by atoms with van der Waals surface area (Å²) in [6, 6.07) is 0.713. The van der Waals surface area contributed by atoms with Gasteiger partial charge in [-0.25, -0.2) is 4.98 Å². The number of hydrogen-bond donors (Lipinski definition) is 1. The first-order valence-electron chi connectivity index (χ1n) is 6.56. The van der Waals surface area contributed by atoms with E-state index in [4.69, 9.17) is 0 Å². The molecule has 1 N–H and O–H groups in total. The van der Waals surface area contributed by atoms with Crippen LogP contribution in [0.5, 0.6) is 0 Å². The van der Waals surface area contributed by atoms with Gasteiger partial charge >= 0.3 is 0 Å². The number of thioether (sulfide) groups is 1. The molecule has 0 bridgehead atoms. The first-order chi connectivity index (χ1) is 8.29. The lowest BCUT2D eigenvalue weighted by molar-refractivity contribution is 0.509. The van der Waals surface area contributed by atoms with E-state index in [9.17, 15) is 0 Å². The Morgan fingerprint density at radius 1 is 1.47 bits per heavy atom. The van der Waals surface area contributed by atoms with Gasteiger partial charge in [0.25, 0.3) is 0 Å². The Bertz CT molecular complexity index is 343. The van der Waals surface area contributed by atoms with Gasteiger partial charge in [-0.3, -0.25) is 0 Å². The van der Waals surface area contributed by atoms with Crippen molar-refractivity contribution in [2.24, 2.45) is 0 Å². The Balaban J connectivity index is 1.84. The van der Waals surface area contributed by atoms with Crippen molar-refractivity contribution in [1.82, 2.24) is 10.3 Å². The summed E-state index contributed by atoms with van der Waals surface area (Å²) in [7, 11) is 0. The van der Waals surface area contributed by atoms with Gasteiger partial charge in [-0.1, -0.05) is 6.92 Å². The van der Waals surface area contributed by atoms with Crippen molar-refractivity contribution in [3.8, 4) is 0 Å². The van der Waals surface area contributed by atoms with E-state index < -0.39 is 0 Å². The van der Waals surface area contributed by atoms with Crippen LogP contribution in [0.25, 0.3) is 0 Å². The first-order valence-corrected chi connectivity index (χ1v) is 8.53. The molecule has 1 aliphatic rings. The smallest absolute Gasteiger partial charge is 0.0931 e. The van der Waals surface area contributed by atoms with Crippen LogP contribution in [0.4, 0.5) is 0 Å². The van der Waals surface area contributed by atoms with Crippen LogP contribution in [0.1, 0.15) is 41.8 Å². The average Bonchev–Trinajstić information content (AvgIpc) is 2.69. The largest absolute Gasteiger partial charge is 0.308 e. The molecule has 1 aromatic rings. The van der Waals surface area contributed by atoms with Crippen LogP contribution in [0.15, 0.2) is 0 Å². The molecular formula is C13H22N2S2. The predicted molar refractivity (Wildman–Crippen MR) is 78.0 cm³/mol. The second kappa shape index (κ2) is 6.76. The maximum atomic E-state index is 4.64. The van der Waals surface area contributed by atoms with Crippen molar-refractivity contribution in [1.29, 1.82) is 0 Å². The molecule has 1 saturated heterocycles. The Hall–Kier alpha value is -0.0600. The van der Waals surface area contributed by atoms with E-state index in [2.05, 4.69) is 35.9 Å².